The summed E-state index contributed by atoms with van der Waals surface area (Å²) in [6, 6.07) is 5.34. The van der Waals surface area contributed by atoms with E-state index >= 15 is 0 Å². The zero-order valence-corrected chi connectivity index (χ0v) is 12.9. The molecule has 0 aliphatic carbocycles. The second-order valence-electron chi connectivity index (χ2n) is 4.24. The maximum absolute atomic E-state index is 10.2. The van der Waals surface area contributed by atoms with Crippen LogP contribution in [0.2, 0.25) is 0 Å². The van der Waals surface area contributed by atoms with Crippen molar-refractivity contribution in [3.8, 4) is 5.75 Å². The topological polar surface area (TPSA) is 85.2 Å². The van der Waals surface area contributed by atoms with Crippen molar-refractivity contribution in [1.29, 1.82) is 0 Å². The number of ether oxygens (including phenoxy) is 3. The molecule has 0 aromatic heterocycles. The first kappa shape index (κ1) is 19.4. The predicted molar refractivity (Wildman–Crippen MR) is 78.3 cm³/mol. The van der Waals surface area contributed by atoms with Gasteiger partial charge in [0.05, 0.1) is 19.6 Å². The third kappa shape index (κ3) is 6.12. The molecule has 0 bridgehead atoms. The lowest BCUT2D eigenvalue weighted by Gasteiger charge is -2.22. The number of aliphatic hydroxyl groups excluding tert-OH is 2. The van der Waals surface area contributed by atoms with Crippen molar-refractivity contribution < 1.29 is 29.2 Å². The first-order valence-corrected chi connectivity index (χ1v) is 6.54. The van der Waals surface area contributed by atoms with E-state index in [0.29, 0.717) is 5.75 Å². The molecule has 21 heavy (non-hydrogen) atoms. The van der Waals surface area contributed by atoms with Crippen LogP contribution in [0.15, 0.2) is 18.2 Å². The summed E-state index contributed by atoms with van der Waals surface area (Å²) in [5, 5.41) is 19.0. The number of rotatable bonds is 7. The van der Waals surface area contributed by atoms with Gasteiger partial charge < -0.3 is 24.4 Å². The van der Waals surface area contributed by atoms with Crippen molar-refractivity contribution in [1.82, 2.24) is 0 Å². The van der Waals surface area contributed by atoms with Crippen LogP contribution in [-0.2, 0) is 20.7 Å². The molecule has 6 heteroatoms. The van der Waals surface area contributed by atoms with E-state index in [4.69, 9.17) is 4.74 Å². The van der Waals surface area contributed by atoms with Gasteiger partial charge in [0.1, 0.15) is 5.75 Å². The number of aliphatic hydroxyl groups is 2. The molecular formula is C15H24O6. The van der Waals surface area contributed by atoms with Crippen molar-refractivity contribution in [3.63, 3.8) is 0 Å². The van der Waals surface area contributed by atoms with E-state index in [1.807, 2.05) is 13.0 Å². The number of hydrogen-bond acceptors (Lipinski definition) is 6. The molecule has 6 nitrogen and oxygen atoms in total. The van der Waals surface area contributed by atoms with Crippen LogP contribution in [0.5, 0.6) is 5.75 Å². The smallest absolute Gasteiger partial charge is 0.295 e. The van der Waals surface area contributed by atoms with E-state index in [1.54, 1.807) is 33.5 Å². The minimum Gasteiger partial charge on any atom is -0.497 e. The maximum Gasteiger partial charge on any atom is 0.295 e. The number of carbonyl (C=O) groups excluding carboxylic acids is 1. The number of hydrogen-bond donors (Lipinski definition) is 2. The Labute approximate surface area is 125 Å². The maximum atomic E-state index is 10.2. The summed E-state index contributed by atoms with van der Waals surface area (Å²) in [7, 11) is 4.82. The van der Waals surface area contributed by atoms with Gasteiger partial charge >= 0.3 is 0 Å². The van der Waals surface area contributed by atoms with E-state index < -0.39 is 12.2 Å². The van der Waals surface area contributed by atoms with Crippen LogP contribution >= 0.6 is 0 Å². The van der Waals surface area contributed by atoms with Gasteiger partial charge in [0.2, 0.25) is 6.29 Å². The van der Waals surface area contributed by atoms with Crippen LogP contribution in [0.25, 0.3) is 0 Å². The van der Waals surface area contributed by atoms with Gasteiger partial charge in [-0.25, -0.2) is 0 Å². The van der Waals surface area contributed by atoms with E-state index in [0.717, 1.165) is 17.5 Å². The van der Waals surface area contributed by atoms with E-state index in [9.17, 15) is 15.0 Å². The van der Waals surface area contributed by atoms with Gasteiger partial charge in [0.25, 0.3) is 6.47 Å². The highest BCUT2D eigenvalue weighted by molar-refractivity contribution is 5.40. The molecule has 0 aliphatic heterocycles. The van der Waals surface area contributed by atoms with Crippen molar-refractivity contribution in [3.05, 3.63) is 29.3 Å². The van der Waals surface area contributed by atoms with Crippen LogP contribution in [0.1, 0.15) is 24.0 Å². The molecule has 0 fully saturated rings. The number of methoxy groups -OCH3 is 2. The number of benzene rings is 1. The average molecular weight is 300 g/mol. The standard InChI is InChI=1S/C13H18O5.C2H6O/c1-3-9-6-10(17-2)4-5-11(9)12(7-14)13(16)18-8-15;1-3-2/h4-6,8,12-14,16H,3,7H2,1-2H3;1-2H3. The summed E-state index contributed by atoms with van der Waals surface area (Å²) in [6.07, 6.45) is -0.636. The Morgan fingerprint density at radius 1 is 1.29 bits per heavy atom. The summed E-state index contributed by atoms with van der Waals surface area (Å²) >= 11 is 0. The second kappa shape index (κ2) is 11.1. The quantitative estimate of drug-likeness (QED) is 0.579. The van der Waals surface area contributed by atoms with Crippen LogP contribution in [0.4, 0.5) is 0 Å². The van der Waals surface area contributed by atoms with Crippen molar-refractivity contribution in [2.45, 2.75) is 25.6 Å². The van der Waals surface area contributed by atoms with Gasteiger partial charge in [0, 0.05) is 14.2 Å². The fraction of sp³-hybridized carbons (Fsp3) is 0.533. The van der Waals surface area contributed by atoms with Crippen molar-refractivity contribution in [2.24, 2.45) is 0 Å². The summed E-state index contributed by atoms with van der Waals surface area (Å²) in [4.78, 5) is 10.2. The highest BCUT2D eigenvalue weighted by Gasteiger charge is 2.24. The Morgan fingerprint density at radius 2 is 1.90 bits per heavy atom. The monoisotopic (exact) mass is 300 g/mol. The van der Waals surface area contributed by atoms with Gasteiger partial charge in [0.15, 0.2) is 0 Å². The molecule has 1 aromatic carbocycles. The molecule has 0 aliphatic rings. The zero-order valence-electron chi connectivity index (χ0n) is 12.9. The Bertz CT molecular complexity index is 407. The molecule has 2 atom stereocenters. The zero-order chi connectivity index (χ0) is 16.3. The first-order valence-electron chi connectivity index (χ1n) is 6.54. The molecule has 0 spiro atoms. The second-order valence-corrected chi connectivity index (χ2v) is 4.24. The molecule has 120 valence electrons. The fourth-order valence-electron chi connectivity index (χ4n) is 1.87. The van der Waals surface area contributed by atoms with Crippen LogP contribution in [-0.4, -0.2) is 50.9 Å². The summed E-state index contributed by atoms with van der Waals surface area (Å²) in [5.74, 6) is 0.0501. The minimum absolute atomic E-state index is 0.169. The van der Waals surface area contributed by atoms with Crippen LogP contribution in [0.3, 0.4) is 0 Å². The Balaban J connectivity index is 0.00000122. The van der Waals surface area contributed by atoms with Crippen LogP contribution < -0.4 is 4.74 Å². The van der Waals surface area contributed by atoms with Crippen molar-refractivity contribution >= 4 is 6.47 Å². The highest BCUT2D eigenvalue weighted by Crippen LogP contribution is 2.27. The summed E-state index contributed by atoms with van der Waals surface area (Å²) < 4.78 is 13.9. The van der Waals surface area contributed by atoms with E-state index in [2.05, 4.69) is 9.47 Å². The molecule has 0 saturated heterocycles. The minimum atomic E-state index is -1.36. The van der Waals surface area contributed by atoms with Crippen LogP contribution in [0, 0.1) is 0 Å². The first-order chi connectivity index (χ1) is 10.1. The molecule has 0 radical (unpaired) electrons. The lowest BCUT2D eigenvalue weighted by atomic mass is 9.92. The fourth-order valence-corrected chi connectivity index (χ4v) is 1.87. The Hall–Kier alpha value is -1.63. The molecule has 0 amide bonds. The van der Waals surface area contributed by atoms with Gasteiger partial charge in [-0.3, -0.25) is 4.79 Å². The van der Waals surface area contributed by atoms with Gasteiger partial charge in [-0.15, -0.1) is 0 Å². The SMILES string of the molecule is CCc1cc(OC)ccc1C(CO)C(O)OC=O.COC. The Kier molecular flexibility index (Phi) is 10.2. The van der Waals surface area contributed by atoms with E-state index in [1.165, 1.54) is 0 Å². The number of aryl methyl sites for hydroxylation is 1. The van der Waals surface area contributed by atoms with Crippen molar-refractivity contribution in [2.75, 3.05) is 27.9 Å². The highest BCUT2D eigenvalue weighted by atomic mass is 16.6. The lowest BCUT2D eigenvalue weighted by Crippen LogP contribution is -2.25. The number of carbonyl (C=O) groups is 1. The summed E-state index contributed by atoms with van der Waals surface area (Å²) in [5.41, 5.74) is 1.68. The lowest BCUT2D eigenvalue weighted by molar-refractivity contribution is -0.157. The van der Waals surface area contributed by atoms with E-state index in [-0.39, 0.29) is 13.1 Å². The van der Waals surface area contributed by atoms with Gasteiger partial charge in [-0.05, 0) is 29.7 Å². The Morgan fingerprint density at radius 3 is 2.33 bits per heavy atom. The largest absolute Gasteiger partial charge is 0.497 e. The van der Waals surface area contributed by atoms with Gasteiger partial charge in [-0.1, -0.05) is 13.0 Å². The molecule has 2 unspecified atom stereocenters. The molecule has 1 rings (SSSR count). The predicted octanol–water partition coefficient (Wildman–Crippen LogP) is 1.09. The molecule has 2 N–H and O–H groups in total. The average Bonchev–Trinajstić information content (AvgIpc) is 2.49. The van der Waals surface area contributed by atoms with Gasteiger partial charge in [-0.2, -0.15) is 0 Å². The third-order valence-corrected chi connectivity index (χ3v) is 2.87. The molecule has 0 heterocycles. The summed E-state index contributed by atoms with van der Waals surface area (Å²) in [6.45, 7) is 1.82. The molecule has 1 aromatic rings. The normalized spacial score (nSPS) is 12.7. The molecular weight excluding hydrogens is 276 g/mol. The molecule has 0 saturated carbocycles. The third-order valence-electron chi connectivity index (χ3n) is 2.87.